The zero-order valence-electron chi connectivity index (χ0n) is 6.56. The van der Waals surface area contributed by atoms with Crippen LogP contribution >= 0.6 is 0 Å². The fourth-order valence-electron chi connectivity index (χ4n) is 1.08. The summed E-state index contributed by atoms with van der Waals surface area (Å²) in [6.45, 7) is 0. The Morgan fingerprint density at radius 1 is 1.00 bits per heavy atom. The quantitative estimate of drug-likeness (QED) is 0.342. The van der Waals surface area contributed by atoms with Gasteiger partial charge in [-0.2, -0.15) is 0 Å². The molecule has 0 radical (unpaired) electrons. The predicted molar refractivity (Wildman–Crippen MR) is 35.5 cm³/mol. The molecule has 1 saturated carbocycles. The molecule has 0 bridgehead atoms. The van der Waals surface area contributed by atoms with Crippen LogP contribution in [-0.2, 0) is 0 Å². The van der Waals surface area contributed by atoms with Gasteiger partial charge in [0.1, 0.15) is 0 Å². The molecular formula is C7H15KO. The fourth-order valence-corrected chi connectivity index (χ4v) is 1.08. The standard InChI is InChI=1S/C6H12O.CH3.K/c7-6-4-2-1-3-5-6;;/h6-7H,1-5H2;1H3;/q;-1;+1. The monoisotopic (exact) mass is 154 g/mol. The first kappa shape index (κ1) is 13.2. The summed E-state index contributed by atoms with van der Waals surface area (Å²) in [5, 5.41) is 8.91. The molecule has 0 aliphatic heterocycles. The van der Waals surface area contributed by atoms with Gasteiger partial charge in [0.05, 0.1) is 6.10 Å². The topological polar surface area (TPSA) is 20.2 Å². The Bertz CT molecular complexity index is 50.9. The van der Waals surface area contributed by atoms with Crippen molar-refractivity contribution in [2.24, 2.45) is 0 Å². The van der Waals surface area contributed by atoms with Gasteiger partial charge in [0.25, 0.3) is 0 Å². The summed E-state index contributed by atoms with van der Waals surface area (Å²) in [5.74, 6) is 0. The van der Waals surface area contributed by atoms with Crippen LogP contribution in [0.5, 0.6) is 0 Å². The Kier molecular flexibility index (Phi) is 11.3. The number of aliphatic hydroxyl groups excluding tert-OH is 1. The van der Waals surface area contributed by atoms with Crippen LogP contribution in [0.4, 0.5) is 0 Å². The molecule has 1 N–H and O–H groups in total. The van der Waals surface area contributed by atoms with E-state index in [2.05, 4.69) is 0 Å². The fraction of sp³-hybridized carbons (Fsp3) is 0.857. The van der Waals surface area contributed by atoms with E-state index < -0.39 is 0 Å². The molecule has 1 fully saturated rings. The van der Waals surface area contributed by atoms with Crippen molar-refractivity contribution in [1.29, 1.82) is 0 Å². The Hall–Kier alpha value is 1.60. The Labute approximate surface area is 101 Å². The predicted octanol–water partition coefficient (Wildman–Crippen LogP) is -1.23. The van der Waals surface area contributed by atoms with E-state index in [9.17, 15) is 0 Å². The van der Waals surface area contributed by atoms with Crippen molar-refractivity contribution in [3.8, 4) is 0 Å². The van der Waals surface area contributed by atoms with Crippen LogP contribution in [0.1, 0.15) is 32.1 Å². The molecular weight excluding hydrogens is 139 g/mol. The van der Waals surface area contributed by atoms with Gasteiger partial charge < -0.3 is 12.5 Å². The first-order valence-electron chi connectivity index (χ1n) is 3.07. The molecule has 0 heterocycles. The van der Waals surface area contributed by atoms with Crippen molar-refractivity contribution in [3.05, 3.63) is 7.43 Å². The Morgan fingerprint density at radius 3 is 1.67 bits per heavy atom. The van der Waals surface area contributed by atoms with Crippen LogP contribution in [0.15, 0.2) is 0 Å². The van der Waals surface area contributed by atoms with Crippen molar-refractivity contribution in [1.82, 2.24) is 0 Å². The Balaban J connectivity index is 0. The van der Waals surface area contributed by atoms with Crippen molar-refractivity contribution >= 4 is 0 Å². The second kappa shape index (κ2) is 7.70. The molecule has 1 aliphatic rings. The second-order valence-electron chi connectivity index (χ2n) is 2.29. The molecule has 0 saturated heterocycles. The maximum absolute atomic E-state index is 8.91. The zero-order valence-corrected chi connectivity index (χ0v) is 9.68. The molecule has 1 aliphatic carbocycles. The van der Waals surface area contributed by atoms with Gasteiger partial charge in [-0.05, 0) is 12.8 Å². The number of hydrogen-bond acceptors (Lipinski definition) is 1. The van der Waals surface area contributed by atoms with Gasteiger partial charge >= 0.3 is 51.4 Å². The molecule has 0 spiro atoms. The van der Waals surface area contributed by atoms with Gasteiger partial charge in [0.15, 0.2) is 0 Å². The number of aliphatic hydroxyl groups is 1. The van der Waals surface area contributed by atoms with Crippen LogP contribution in [0.25, 0.3) is 0 Å². The van der Waals surface area contributed by atoms with E-state index in [4.69, 9.17) is 5.11 Å². The van der Waals surface area contributed by atoms with Gasteiger partial charge in [-0.3, -0.25) is 0 Å². The van der Waals surface area contributed by atoms with E-state index in [1.54, 1.807) is 0 Å². The first-order valence-corrected chi connectivity index (χ1v) is 3.07. The molecule has 50 valence electrons. The normalized spacial score (nSPS) is 19.7. The minimum absolute atomic E-state index is 0. The van der Waals surface area contributed by atoms with Crippen LogP contribution in [0, 0.1) is 7.43 Å². The summed E-state index contributed by atoms with van der Waals surface area (Å²) in [5.41, 5.74) is 0. The van der Waals surface area contributed by atoms with E-state index in [0.29, 0.717) is 0 Å². The van der Waals surface area contributed by atoms with Crippen molar-refractivity contribution < 1.29 is 56.5 Å². The third-order valence-corrected chi connectivity index (χ3v) is 1.57. The summed E-state index contributed by atoms with van der Waals surface area (Å²) >= 11 is 0. The average Bonchev–Trinajstić information content (AvgIpc) is 1.69. The minimum Gasteiger partial charge on any atom is -0.393 e. The molecule has 0 amide bonds. The maximum atomic E-state index is 8.91. The summed E-state index contributed by atoms with van der Waals surface area (Å²) in [6.07, 6.45) is 5.92. The van der Waals surface area contributed by atoms with E-state index in [-0.39, 0.29) is 64.9 Å². The van der Waals surface area contributed by atoms with Crippen molar-refractivity contribution in [2.75, 3.05) is 0 Å². The smallest absolute Gasteiger partial charge is 0.393 e. The van der Waals surface area contributed by atoms with Crippen LogP contribution < -0.4 is 51.4 Å². The van der Waals surface area contributed by atoms with Gasteiger partial charge in [0.2, 0.25) is 0 Å². The van der Waals surface area contributed by atoms with Crippen molar-refractivity contribution in [3.63, 3.8) is 0 Å². The molecule has 0 aromatic carbocycles. The third kappa shape index (κ3) is 6.01. The summed E-state index contributed by atoms with van der Waals surface area (Å²) in [6, 6.07) is 0. The van der Waals surface area contributed by atoms with E-state index >= 15 is 0 Å². The molecule has 0 aromatic rings. The van der Waals surface area contributed by atoms with Crippen LogP contribution in [-0.4, -0.2) is 11.2 Å². The maximum Gasteiger partial charge on any atom is 1.00 e. The van der Waals surface area contributed by atoms with Crippen LogP contribution in [0.2, 0.25) is 0 Å². The molecule has 9 heavy (non-hydrogen) atoms. The number of rotatable bonds is 0. The average molecular weight is 154 g/mol. The second-order valence-corrected chi connectivity index (χ2v) is 2.29. The van der Waals surface area contributed by atoms with Crippen LogP contribution in [0.3, 0.4) is 0 Å². The summed E-state index contributed by atoms with van der Waals surface area (Å²) in [4.78, 5) is 0. The Morgan fingerprint density at radius 2 is 1.44 bits per heavy atom. The van der Waals surface area contributed by atoms with E-state index in [0.717, 1.165) is 12.8 Å². The molecule has 1 rings (SSSR count). The number of hydrogen-bond donors (Lipinski definition) is 1. The van der Waals surface area contributed by atoms with E-state index in [1.807, 2.05) is 0 Å². The molecule has 2 heteroatoms. The van der Waals surface area contributed by atoms with Gasteiger partial charge in [0, 0.05) is 0 Å². The summed E-state index contributed by atoms with van der Waals surface area (Å²) < 4.78 is 0. The van der Waals surface area contributed by atoms with Crippen molar-refractivity contribution in [2.45, 2.75) is 38.2 Å². The third-order valence-electron chi connectivity index (χ3n) is 1.57. The molecule has 0 unspecified atom stereocenters. The zero-order chi connectivity index (χ0) is 5.11. The van der Waals surface area contributed by atoms with Gasteiger partial charge in [-0.25, -0.2) is 0 Å². The largest absolute Gasteiger partial charge is 1.00 e. The summed E-state index contributed by atoms with van der Waals surface area (Å²) in [7, 11) is 0. The molecule has 0 atom stereocenters. The van der Waals surface area contributed by atoms with E-state index in [1.165, 1.54) is 19.3 Å². The van der Waals surface area contributed by atoms with Gasteiger partial charge in [-0.1, -0.05) is 19.3 Å². The molecule has 0 aromatic heterocycles. The minimum atomic E-state index is 0. The first-order chi connectivity index (χ1) is 3.39. The molecule has 1 nitrogen and oxygen atoms in total. The SMILES string of the molecule is OC1CCCCC1.[CH3-].[K+]. The van der Waals surface area contributed by atoms with Gasteiger partial charge in [-0.15, -0.1) is 0 Å².